The lowest BCUT2D eigenvalue weighted by molar-refractivity contribution is -0.495. The Bertz CT molecular complexity index is 1440. The number of morpholine rings is 1. The number of nitrogens with two attached hydrogens (primary N) is 1. The molecule has 3 fully saturated rings. The molecule has 0 aliphatic carbocycles. The van der Waals surface area contributed by atoms with E-state index in [0.29, 0.717) is 49.3 Å². The predicted molar refractivity (Wildman–Crippen MR) is 161 cm³/mol. The summed E-state index contributed by atoms with van der Waals surface area (Å²) >= 11 is 0. The zero-order valence-electron chi connectivity index (χ0n) is 24.5. The Morgan fingerprint density at radius 2 is 1.76 bits per heavy atom. The highest BCUT2D eigenvalue weighted by Crippen LogP contribution is 2.34. The summed E-state index contributed by atoms with van der Waals surface area (Å²) < 4.78 is 13.1. The molecule has 1 aromatic heterocycles. The quantitative estimate of drug-likeness (QED) is 0.316. The maximum absolute atomic E-state index is 12.8. The minimum atomic E-state index is 0.0260. The van der Waals surface area contributed by atoms with Crippen LogP contribution in [-0.4, -0.2) is 98.2 Å². The fraction of sp³-hybridized carbons (Fsp3) is 0.484. The number of aromatic nitrogens is 2. The molecule has 3 saturated heterocycles. The van der Waals surface area contributed by atoms with Crippen molar-refractivity contribution in [3.8, 4) is 0 Å². The largest absolute Gasteiger partial charge is 0.381 e. The van der Waals surface area contributed by atoms with Crippen LogP contribution in [0.2, 0.25) is 0 Å². The molecule has 3 aliphatic rings. The Kier molecular flexibility index (Phi) is 8.61. The number of quaternary nitrogens is 1. The van der Waals surface area contributed by atoms with Crippen molar-refractivity contribution in [2.45, 2.75) is 31.3 Å². The van der Waals surface area contributed by atoms with Crippen LogP contribution in [0.15, 0.2) is 53.8 Å². The van der Waals surface area contributed by atoms with Crippen LogP contribution in [0, 0.1) is 5.53 Å². The number of carbonyl (C=O) groups is 1. The average molecular weight is 574 g/mol. The number of fused-ring (bicyclic) bond motifs is 1. The van der Waals surface area contributed by atoms with Gasteiger partial charge in [-0.3, -0.25) is 14.8 Å². The molecule has 222 valence electrons. The van der Waals surface area contributed by atoms with Crippen LogP contribution in [0.5, 0.6) is 0 Å². The van der Waals surface area contributed by atoms with Gasteiger partial charge in [0, 0.05) is 74.2 Å². The summed E-state index contributed by atoms with van der Waals surface area (Å²) in [7, 11) is 4.29. The van der Waals surface area contributed by atoms with E-state index in [1.807, 2.05) is 40.7 Å². The molecule has 4 heterocycles. The fourth-order valence-corrected chi connectivity index (χ4v) is 6.15. The molecule has 0 spiro atoms. The van der Waals surface area contributed by atoms with E-state index in [1.54, 1.807) is 0 Å². The van der Waals surface area contributed by atoms with E-state index < -0.39 is 0 Å². The summed E-state index contributed by atoms with van der Waals surface area (Å²) in [6.45, 7) is 5.85. The molecule has 3 aromatic rings. The van der Waals surface area contributed by atoms with Crippen molar-refractivity contribution in [2.75, 3.05) is 71.6 Å². The molecule has 3 N–H and O–H groups in total. The monoisotopic (exact) mass is 573 g/mol. The van der Waals surface area contributed by atoms with Crippen molar-refractivity contribution in [3.63, 3.8) is 0 Å². The second-order valence-corrected chi connectivity index (χ2v) is 11.5. The number of rotatable bonds is 8. The van der Waals surface area contributed by atoms with Gasteiger partial charge in [0.25, 0.3) is 5.91 Å². The lowest BCUT2D eigenvalue weighted by atomic mass is 10.1. The standard InChI is InChI=1S/C31H40N8O3/c1-36(2)26-9-12-38(21-26)25-7-8-29-27(19-25)30(35-39(29)24-10-15-41-16-11-24)28(34-32)20-33-23-5-3-22(4-6-23)31(40)37-13-17-42-18-14-37/h3-8,19-20,24,26,32-33H,9-18,21H2,1-2H3/p+1. The van der Waals surface area contributed by atoms with Crippen LogP contribution >= 0.6 is 0 Å². The average Bonchev–Trinajstić information content (AvgIpc) is 3.68. The maximum atomic E-state index is 12.8. The summed E-state index contributed by atoms with van der Waals surface area (Å²) in [4.78, 5) is 19.4. The van der Waals surface area contributed by atoms with E-state index >= 15 is 0 Å². The molecule has 11 nitrogen and oxygen atoms in total. The second-order valence-electron chi connectivity index (χ2n) is 11.5. The first-order chi connectivity index (χ1) is 20.5. The number of likely N-dealkylation sites (N-methyl/N-ethyl adjacent to an activating group) is 1. The third-order valence-electron chi connectivity index (χ3n) is 8.74. The highest BCUT2D eigenvalue weighted by atomic mass is 16.5. The maximum Gasteiger partial charge on any atom is 0.254 e. The molecular weight excluding hydrogens is 532 g/mol. The van der Waals surface area contributed by atoms with E-state index in [2.05, 4.69) is 51.9 Å². The number of anilines is 1. The van der Waals surface area contributed by atoms with E-state index in [4.69, 9.17) is 20.1 Å². The third-order valence-corrected chi connectivity index (χ3v) is 8.74. The van der Waals surface area contributed by atoms with Gasteiger partial charge in [0.1, 0.15) is 17.6 Å². The Balaban J connectivity index is 1.28. The van der Waals surface area contributed by atoms with Crippen molar-refractivity contribution >= 4 is 33.9 Å². The van der Waals surface area contributed by atoms with E-state index in [1.165, 1.54) is 5.69 Å². The van der Waals surface area contributed by atoms with Gasteiger partial charge >= 0.3 is 0 Å². The van der Waals surface area contributed by atoms with Crippen molar-refractivity contribution in [1.29, 1.82) is 5.53 Å². The Hall–Kier alpha value is -3.64. The molecule has 3 aliphatic heterocycles. The minimum Gasteiger partial charge on any atom is -0.381 e. The highest BCUT2D eigenvalue weighted by Gasteiger charge is 2.27. The lowest BCUT2D eigenvalue weighted by Gasteiger charge is -2.26. The number of benzene rings is 2. The topological polar surface area (TPSA) is 116 Å². The summed E-state index contributed by atoms with van der Waals surface area (Å²) in [6, 6.07) is 14.9. The molecule has 1 atom stereocenters. The summed E-state index contributed by atoms with van der Waals surface area (Å²) in [5.41, 5.74) is 13.1. The summed E-state index contributed by atoms with van der Waals surface area (Å²) in [5, 5.41) is 11.9. The summed E-state index contributed by atoms with van der Waals surface area (Å²) in [5.74, 6) is 0.0260. The van der Waals surface area contributed by atoms with Gasteiger partial charge < -0.3 is 24.2 Å². The lowest BCUT2D eigenvalue weighted by Crippen LogP contribution is -2.71. The van der Waals surface area contributed by atoms with Gasteiger partial charge in [-0.1, -0.05) is 0 Å². The van der Waals surface area contributed by atoms with Gasteiger partial charge in [0.05, 0.1) is 24.8 Å². The number of amides is 1. The van der Waals surface area contributed by atoms with E-state index in [0.717, 1.165) is 62.2 Å². The minimum absolute atomic E-state index is 0.0260. The Morgan fingerprint density at radius 1 is 1.02 bits per heavy atom. The first-order valence-electron chi connectivity index (χ1n) is 14.9. The fourth-order valence-electron chi connectivity index (χ4n) is 6.15. The van der Waals surface area contributed by atoms with E-state index in [-0.39, 0.29) is 11.9 Å². The van der Waals surface area contributed by atoms with Gasteiger partial charge in [-0.15, -0.1) is 0 Å². The van der Waals surface area contributed by atoms with Crippen LogP contribution in [0.3, 0.4) is 0 Å². The van der Waals surface area contributed by atoms with Gasteiger partial charge in [0.15, 0.2) is 5.70 Å². The molecular formula is C31H41N8O3+. The van der Waals surface area contributed by atoms with Gasteiger partial charge in [-0.05, 0) is 63.7 Å². The summed E-state index contributed by atoms with van der Waals surface area (Å²) in [6.07, 6.45) is 4.81. The molecule has 1 amide bonds. The predicted octanol–water partition coefficient (Wildman–Crippen LogP) is 3.22. The molecule has 0 bridgehead atoms. The Labute approximate surface area is 246 Å². The number of carbonyl (C=O) groups excluding carboxylic acids is 1. The van der Waals surface area contributed by atoms with Gasteiger partial charge in [-0.25, -0.2) is 5.53 Å². The number of hydrogen-bond donors (Lipinski definition) is 2. The molecule has 6 rings (SSSR count). The van der Waals surface area contributed by atoms with E-state index in [9.17, 15) is 4.79 Å². The van der Waals surface area contributed by atoms with Crippen LogP contribution in [0.25, 0.3) is 16.6 Å². The molecule has 11 heteroatoms. The van der Waals surface area contributed by atoms with Crippen LogP contribution in [-0.2, 0) is 9.47 Å². The van der Waals surface area contributed by atoms with Crippen LogP contribution < -0.4 is 10.2 Å². The van der Waals surface area contributed by atoms with Crippen molar-refractivity contribution in [3.05, 3.63) is 59.9 Å². The first kappa shape index (κ1) is 28.5. The molecule has 2 aromatic carbocycles. The molecule has 0 saturated carbocycles. The number of nitrogens with zero attached hydrogens (tertiary/aromatic N) is 6. The normalized spacial score (nSPS) is 20.5. The number of ether oxygens (including phenoxy) is 2. The number of hydrogen-bond acceptors (Lipinski definition) is 8. The zero-order valence-corrected chi connectivity index (χ0v) is 24.5. The first-order valence-corrected chi connectivity index (χ1v) is 14.9. The van der Waals surface area contributed by atoms with Crippen LogP contribution in [0.1, 0.15) is 41.4 Å². The zero-order chi connectivity index (χ0) is 29.1. The number of nitrogens with one attached hydrogen (secondary N) is 1. The SMILES string of the molecule is CN(C)C1CCN(c2ccc3c(c2)c(C(=C[NH2+]c2ccc(C(=O)N4CCOCC4)cc2)N=N)nn3C2CCOCC2)C1. The van der Waals surface area contributed by atoms with Crippen LogP contribution in [0.4, 0.5) is 11.4 Å². The second kappa shape index (κ2) is 12.7. The Morgan fingerprint density at radius 3 is 2.45 bits per heavy atom. The van der Waals surface area contributed by atoms with Crippen molar-refractivity contribution < 1.29 is 19.6 Å². The smallest absolute Gasteiger partial charge is 0.254 e. The van der Waals surface area contributed by atoms with Crippen molar-refractivity contribution in [1.82, 2.24) is 19.6 Å². The van der Waals surface area contributed by atoms with Crippen molar-refractivity contribution in [2.24, 2.45) is 5.11 Å². The highest BCUT2D eigenvalue weighted by molar-refractivity contribution is 5.94. The molecule has 1 unspecified atom stereocenters. The third kappa shape index (κ3) is 5.96. The van der Waals surface area contributed by atoms with Gasteiger partial charge in [-0.2, -0.15) is 10.2 Å². The molecule has 0 radical (unpaired) electrons. The van der Waals surface area contributed by atoms with Gasteiger partial charge in [0.2, 0.25) is 0 Å². The molecule has 42 heavy (non-hydrogen) atoms.